The summed E-state index contributed by atoms with van der Waals surface area (Å²) in [4.78, 5) is 8.90. The number of carboxylic acids is 1. The average molecular weight is 397 g/mol. The molecule has 1 aromatic carbocycles. The summed E-state index contributed by atoms with van der Waals surface area (Å²) in [5, 5.41) is 15.2. The van der Waals surface area contributed by atoms with Gasteiger partial charge in [-0.3, -0.25) is 4.68 Å². The molecule has 1 spiro atoms. The predicted molar refractivity (Wildman–Crippen MR) is 96.1 cm³/mol. The van der Waals surface area contributed by atoms with Crippen molar-refractivity contribution in [2.45, 2.75) is 44.5 Å². The van der Waals surface area contributed by atoms with Crippen LogP contribution in [-0.4, -0.2) is 40.1 Å². The van der Waals surface area contributed by atoms with Gasteiger partial charge in [-0.05, 0) is 39.1 Å². The molecular weight excluding hydrogens is 375 g/mol. The number of hydrogen-bond donors (Lipinski definition) is 2. The van der Waals surface area contributed by atoms with Gasteiger partial charge in [-0.25, -0.2) is 4.79 Å². The predicted octanol–water partition coefficient (Wildman–Crippen LogP) is 3.74. The van der Waals surface area contributed by atoms with Crippen molar-refractivity contribution in [3.8, 4) is 17.0 Å². The van der Waals surface area contributed by atoms with Gasteiger partial charge in [-0.15, -0.1) is 0 Å². The first-order valence-electron chi connectivity index (χ1n) is 9.03. The van der Waals surface area contributed by atoms with E-state index in [9.17, 15) is 13.2 Å². The molecule has 0 saturated carbocycles. The van der Waals surface area contributed by atoms with E-state index in [1.807, 2.05) is 6.20 Å². The van der Waals surface area contributed by atoms with Gasteiger partial charge in [0.15, 0.2) is 0 Å². The van der Waals surface area contributed by atoms with E-state index < -0.39 is 12.1 Å². The van der Waals surface area contributed by atoms with Crippen LogP contribution in [-0.2, 0) is 10.4 Å². The smallest absolute Gasteiger partial charge is 0.482 e. The van der Waals surface area contributed by atoms with Crippen LogP contribution in [0.4, 0.5) is 13.2 Å². The summed E-state index contributed by atoms with van der Waals surface area (Å²) in [7, 11) is 0. The van der Waals surface area contributed by atoms with E-state index in [1.165, 1.54) is 16.8 Å². The number of piperidine rings is 1. The van der Waals surface area contributed by atoms with E-state index in [2.05, 4.69) is 53.2 Å². The van der Waals surface area contributed by atoms with Crippen molar-refractivity contribution in [1.82, 2.24) is 15.1 Å². The second-order valence-corrected chi connectivity index (χ2v) is 7.09. The minimum Gasteiger partial charge on any atom is -0.482 e. The van der Waals surface area contributed by atoms with Gasteiger partial charge in [0.25, 0.3) is 0 Å². The summed E-state index contributed by atoms with van der Waals surface area (Å²) < 4.78 is 40.4. The maximum atomic E-state index is 10.6. The van der Waals surface area contributed by atoms with Crippen LogP contribution in [0, 0.1) is 0 Å². The third kappa shape index (κ3) is 3.71. The molecule has 3 heterocycles. The van der Waals surface area contributed by atoms with E-state index >= 15 is 0 Å². The molecule has 0 aliphatic carbocycles. The lowest BCUT2D eigenvalue weighted by Crippen LogP contribution is -2.45. The lowest BCUT2D eigenvalue weighted by Gasteiger charge is -2.41. The number of benzene rings is 1. The Morgan fingerprint density at radius 1 is 1.29 bits per heavy atom. The Hall–Kier alpha value is -2.55. The van der Waals surface area contributed by atoms with Crippen molar-refractivity contribution in [3.05, 3.63) is 36.0 Å². The third-order valence-electron chi connectivity index (χ3n) is 4.88. The molecule has 2 aromatic rings. The van der Waals surface area contributed by atoms with E-state index in [1.54, 1.807) is 0 Å². The van der Waals surface area contributed by atoms with Gasteiger partial charge in [0.2, 0.25) is 0 Å². The first kappa shape index (κ1) is 20.2. The molecule has 0 amide bonds. The highest BCUT2D eigenvalue weighted by Crippen LogP contribution is 2.49. The number of fused-ring (bicyclic) bond motifs is 4. The molecule has 2 aliphatic rings. The highest BCUT2D eigenvalue weighted by molar-refractivity contribution is 5.74. The third-order valence-corrected chi connectivity index (χ3v) is 4.88. The number of rotatable bonds is 1. The Morgan fingerprint density at radius 3 is 2.46 bits per heavy atom. The molecule has 28 heavy (non-hydrogen) atoms. The van der Waals surface area contributed by atoms with Crippen LogP contribution in [0.2, 0.25) is 0 Å². The fraction of sp³-hybridized carbons (Fsp3) is 0.474. The van der Waals surface area contributed by atoms with Crippen LogP contribution < -0.4 is 10.1 Å². The molecule has 0 atom stereocenters. The Morgan fingerprint density at radius 2 is 1.89 bits per heavy atom. The van der Waals surface area contributed by atoms with Crippen molar-refractivity contribution in [2.24, 2.45) is 0 Å². The standard InChI is InChI=1S/C17H21N3O.C2HF3O2/c1-12(2)20-16-13-5-3-4-6-15(13)21-17(14(16)11-19-20)7-9-18-10-8-17;3-2(4,5)1(6)7/h3-6,11-12,18H,7-10H2,1-2H3;(H,6,7). The largest absolute Gasteiger partial charge is 0.490 e. The van der Waals surface area contributed by atoms with Crippen molar-refractivity contribution in [1.29, 1.82) is 0 Å². The fourth-order valence-electron chi connectivity index (χ4n) is 3.57. The molecule has 6 nitrogen and oxygen atoms in total. The number of aliphatic carboxylic acids is 1. The van der Waals surface area contributed by atoms with Crippen molar-refractivity contribution >= 4 is 5.97 Å². The van der Waals surface area contributed by atoms with Crippen molar-refractivity contribution < 1.29 is 27.8 Å². The summed E-state index contributed by atoms with van der Waals surface area (Å²) >= 11 is 0. The minimum absolute atomic E-state index is 0.206. The highest BCUT2D eigenvalue weighted by atomic mass is 19.4. The number of ether oxygens (including phenoxy) is 1. The van der Waals surface area contributed by atoms with Gasteiger partial charge >= 0.3 is 12.1 Å². The Bertz CT molecular complexity index is 856. The maximum Gasteiger partial charge on any atom is 0.490 e. The number of nitrogens with one attached hydrogen (secondary N) is 1. The van der Waals surface area contributed by atoms with E-state index in [0.717, 1.165) is 31.7 Å². The Kier molecular flexibility index (Phi) is 5.38. The summed E-state index contributed by atoms with van der Waals surface area (Å²) in [6.45, 7) is 6.35. The molecule has 1 aromatic heterocycles. The molecule has 9 heteroatoms. The molecule has 0 unspecified atom stereocenters. The van der Waals surface area contributed by atoms with Crippen LogP contribution >= 0.6 is 0 Å². The van der Waals surface area contributed by atoms with Crippen LogP contribution in [0.25, 0.3) is 11.3 Å². The van der Waals surface area contributed by atoms with Gasteiger partial charge in [0.1, 0.15) is 11.4 Å². The number of aromatic nitrogens is 2. The first-order chi connectivity index (χ1) is 13.2. The number of carboxylic acid groups (broad SMARTS) is 1. The van der Waals surface area contributed by atoms with Crippen LogP contribution in [0.1, 0.15) is 38.3 Å². The topological polar surface area (TPSA) is 76.4 Å². The van der Waals surface area contributed by atoms with E-state index in [4.69, 9.17) is 14.6 Å². The van der Waals surface area contributed by atoms with Gasteiger partial charge in [-0.1, -0.05) is 12.1 Å². The second-order valence-electron chi connectivity index (χ2n) is 7.09. The van der Waals surface area contributed by atoms with Crippen molar-refractivity contribution in [3.63, 3.8) is 0 Å². The van der Waals surface area contributed by atoms with Crippen LogP contribution in [0.5, 0.6) is 5.75 Å². The maximum absolute atomic E-state index is 10.6. The van der Waals surface area contributed by atoms with Crippen LogP contribution in [0.3, 0.4) is 0 Å². The van der Waals surface area contributed by atoms with Crippen LogP contribution in [0.15, 0.2) is 30.5 Å². The number of nitrogens with zero attached hydrogens (tertiary/aromatic N) is 2. The molecule has 1 saturated heterocycles. The lowest BCUT2D eigenvalue weighted by atomic mass is 9.81. The normalized spacial score (nSPS) is 17.2. The summed E-state index contributed by atoms with van der Waals surface area (Å²) in [6, 6.07) is 8.69. The summed E-state index contributed by atoms with van der Waals surface area (Å²) in [6.07, 6.45) is -1.06. The second kappa shape index (κ2) is 7.46. The molecular formula is C19H22F3N3O3. The summed E-state index contributed by atoms with van der Waals surface area (Å²) in [5.41, 5.74) is 3.47. The van der Waals surface area contributed by atoms with Gasteiger partial charge < -0.3 is 15.2 Å². The van der Waals surface area contributed by atoms with Crippen molar-refractivity contribution in [2.75, 3.05) is 13.1 Å². The Balaban J connectivity index is 0.000000279. The number of alkyl halides is 3. The van der Waals surface area contributed by atoms with E-state index in [-0.39, 0.29) is 5.60 Å². The molecule has 0 radical (unpaired) electrons. The Labute approximate surface area is 160 Å². The van der Waals surface area contributed by atoms with E-state index in [0.29, 0.717) is 6.04 Å². The molecule has 1 fully saturated rings. The zero-order valence-electron chi connectivity index (χ0n) is 15.6. The number of carbonyl (C=O) groups is 1. The lowest BCUT2D eigenvalue weighted by molar-refractivity contribution is -0.192. The van der Waals surface area contributed by atoms with Gasteiger partial charge in [0, 0.05) is 30.0 Å². The monoisotopic (exact) mass is 397 g/mol. The molecule has 2 aliphatic heterocycles. The highest BCUT2D eigenvalue weighted by Gasteiger charge is 2.44. The molecule has 152 valence electrons. The van der Waals surface area contributed by atoms with Gasteiger partial charge in [0.05, 0.1) is 11.9 Å². The number of halogens is 3. The quantitative estimate of drug-likeness (QED) is 0.767. The average Bonchev–Trinajstić information content (AvgIpc) is 3.09. The SMILES string of the molecule is CC(C)n1ncc2c1-c1ccccc1OC21CCNCC1.O=C(O)C(F)(F)F. The van der Waals surface area contributed by atoms with Gasteiger partial charge in [-0.2, -0.15) is 18.3 Å². The molecule has 2 N–H and O–H groups in total. The molecule has 4 rings (SSSR count). The first-order valence-corrected chi connectivity index (χ1v) is 9.03. The summed E-state index contributed by atoms with van der Waals surface area (Å²) in [5.74, 6) is -1.76. The number of hydrogen-bond acceptors (Lipinski definition) is 4. The zero-order valence-corrected chi connectivity index (χ0v) is 15.6. The zero-order chi connectivity index (χ0) is 20.5. The minimum atomic E-state index is -5.08. The fourth-order valence-corrected chi connectivity index (χ4v) is 3.57. The molecule has 0 bridgehead atoms. The number of para-hydroxylation sites is 1.